The molecule has 2 N–H and O–H groups in total. The lowest BCUT2D eigenvalue weighted by molar-refractivity contribution is 0.570. The molecule has 5 heteroatoms. The Kier molecular flexibility index (Phi) is 2.71. The van der Waals surface area contributed by atoms with Crippen molar-refractivity contribution in [1.82, 2.24) is 9.78 Å². The van der Waals surface area contributed by atoms with Crippen LogP contribution in [-0.4, -0.2) is 9.78 Å². The van der Waals surface area contributed by atoms with E-state index < -0.39 is 0 Å². The van der Waals surface area contributed by atoms with Crippen molar-refractivity contribution in [2.45, 2.75) is 19.9 Å². The molecule has 0 radical (unpaired) electrons. The second-order valence-electron chi connectivity index (χ2n) is 3.46. The molecule has 0 aliphatic heterocycles. The summed E-state index contributed by atoms with van der Waals surface area (Å²) in [4.78, 5) is 0. The van der Waals surface area contributed by atoms with Crippen molar-refractivity contribution in [3.8, 4) is 0 Å². The van der Waals surface area contributed by atoms with Crippen LogP contribution in [0.25, 0.3) is 0 Å². The van der Waals surface area contributed by atoms with Crippen LogP contribution in [0, 0.1) is 6.92 Å². The lowest BCUT2D eigenvalue weighted by Gasteiger charge is -2.12. The van der Waals surface area contributed by atoms with E-state index in [0.29, 0.717) is 10.8 Å². The molecule has 0 saturated heterocycles. The fourth-order valence-corrected chi connectivity index (χ4v) is 2.37. The van der Waals surface area contributed by atoms with Gasteiger partial charge >= 0.3 is 0 Å². The molecule has 15 heavy (non-hydrogen) atoms. The standard InChI is InChI=1S/C10H12ClN3S/c1-6-9(11)10(12)14(13-6)7(2)8-3-4-15-5-8/h3-5,7H,12H2,1-2H3. The molecule has 1 atom stereocenters. The van der Waals surface area contributed by atoms with Gasteiger partial charge in [-0.1, -0.05) is 11.6 Å². The summed E-state index contributed by atoms with van der Waals surface area (Å²) in [5.41, 5.74) is 7.86. The van der Waals surface area contributed by atoms with Crippen LogP contribution in [0.4, 0.5) is 5.82 Å². The van der Waals surface area contributed by atoms with Crippen LogP contribution in [0.1, 0.15) is 24.2 Å². The Morgan fingerprint density at radius 3 is 2.80 bits per heavy atom. The highest BCUT2D eigenvalue weighted by Gasteiger charge is 2.16. The fraction of sp³-hybridized carbons (Fsp3) is 0.300. The molecule has 0 aromatic carbocycles. The number of hydrogen-bond donors (Lipinski definition) is 1. The number of anilines is 1. The summed E-state index contributed by atoms with van der Waals surface area (Å²) in [6.07, 6.45) is 0. The van der Waals surface area contributed by atoms with E-state index in [4.69, 9.17) is 17.3 Å². The summed E-state index contributed by atoms with van der Waals surface area (Å²) in [7, 11) is 0. The first-order valence-electron chi connectivity index (χ1n) is 4.63. The third kappa shape index (κ3) is 1.75. The molecule has 3 nitrogen and oxygen atoms in total. The second-order valence-corrected chi connectivity index (χ2v) is 4.62. The van der Waals surface area contributed by atoms with Crippen LogP contribution in [0.2, 0.25) is 5.02 Å². The first-order valence-corrected chi connectivity index (χ1v) is 5.95. The van der Waals surface area contributed by atoms with E-state index in [0.717, 1.165) is 5.69 Å². The Bertz CT molecular complexity index is 461. The van der Waals surface area contributed by atoms with Crippen LogP contribution in [0.3, 0.4) is 0 Å². The van der Waals surface area contributed by atoms with E-state index in [1.165, 1.54) is 5.56 Å². The van der Waals surface area contributed by atoms with Crippen molar-refractivity contribution in [3.63, 3.8) is 0 Å². The smallest absolute Gasteiger partial charge is 0.141 e. The van der Waals surface area contributed by atoms with E-state index in [9.17, 15) is 0 Å². The highest BCUT2D eigenvalue weighted by Crippen LogP contribution is 2.28. The largest absolute Gasteiger partial charge is 0.383 e. The van der Waals surface area contributed by atoms with Gasteiger partial charge in [-0.05, 0) is 36.2 Å². The van der Waals surface area contributed by atoms with Crippen molar-refractivity contribution < 1.29 is 0 Å². The molecule has 0 aliphatic rings. The fourth-order valence-electron chi connectivity index (χ4n) is 1.49. The van der Waals surface area contributed by atoms with Crippen molar-refractivity contribution in [3.05, 3.63) is 33.1 Å². The number of aryl methyl sites for hydroxylation is 1. The zero-order chi connectivity index (χ0) is 11.0. The molecular formula is C10H12ClN3S. The normalized spacial score (nSPS) is 13.0. The summed E-state index contributed by atoms with van der Waals surface area (Å²) in [6.45, 7) is 3.91. The van der Waals surface area contributed by atoms with E-state index in [1.807, 2.05) is 12.3 Å². The predicted molar refractivity (Wildman–Crippen MR) is 64.5 cm³/mol. The first-order chi connectivity index (χ1) is 7.11. The molecule has 0 amide bonds. The average molecular weight is 242 g/mol. The second kappa shape index (κ2) is 3.87. The van der Waals surface area contributed by atoms with Crippen LogP contribution >= 0.6 is 22.9 Å². The van der Waals surface area contributed by atoms with Gasteiger partial charge in [-0.2, -0.15) is 16.4 Å². The third-order valence-electron chi connectivity index (χ3n) is 2.44. The average Bonchev–Trinajstić information content (AvgIpc) is 2.82. The van der Waals surface area contributed by atoms with Gasteiger partial charge in [0.25, 0.3) is 0 Å². The molecule has 0 spiro atoms. The first kappa shape index (κ1) is 10.5. The van der Waals surface area contributed by atoms with Crippen molar-refractivity contribution >= 4 is 28.8 Å². The van der Waals surface area contributed by atoms with Crippen molar-refractivity contribution in [1.29, 1.82) is 0 Å². The monoisotopic (exact) mass is 241 g/mol. The minimum Gasteiger partial charge on any atom is -0.383 e. The highest BCUT2D eigenvalue weighted by molar-refractivity contribution is 7.07. The number of hydrogen-bond acceptors (Lipinski definition) is 3. The maximum atomic E-state index is 6.00. The van der Waals surface area contributed by atoms with Gasteiger partial charge in [0.15, 0.2) is 0 Å². The van der Waals surface area contributed by atoms with Crippen LogP contribution in [0.15, 0.2) is 16.8 Å². The predicted octanol–water partition coefficient (Wildman–Crippen LogP) is 3.10. The van der Waals surface area contributed by atoms with Gasteiger partial charge in [0.2, 0.25) is 0 Å². The SMILES string of the molecule is Cc1nn(C(C)c2ccsc2)c(N)c1Cl. The summed E-state index contributed by atoms with van der Waals surface area (Å²) >= 11 is 7.66. The third-order valence-corrected chi connectivity index (χ3v) is 3.61. The van der Waals surface area contributed by atoms with Gasteiger partial charge in [-0.15, -0.1) is 0 Å². The molecule has 0 fully saturated rings. The Hall–Kier alpha value is -1.00. The zero-order valence-electron chi connectivity index (χ0n) is 8.57. The number of nitrogens with two attached hydrogens (primary N) is 1. The van der Waals surface area contributed by atoms with Gasteiger partial charge in [-0.25, -0.2) is 4.68 Å². The molecule has 2 heterocycles. The zero-order valence-corrected chi connectivity index (χ0v) is 10.1. The quantitative estimate of drug-likeness (QED) is 0.878. The van der Waals surface area contributed by atoms with Crippen LogP contribution in [-0.2, 0) is 0 Å². The Morgan fingerprint density at radius 2 is 2.33 bits per heavy atom. The summed E-state index contributed by atoms with van der Waals surface area (Å²) in [6, 6.07) is 2.20. The summed E-state index contributed by atoms with van der Waals surface area (Å²) in [5.74, 6) is 0.535. The minimum atomic E-state index is 0.127. The van der Waals surface area contributed by atoms with Crippen LogP contribution < -0.4 is 5.73 Å². The highest BCUT2D eigenvalue weighted by atomic mass is 35.5. The molecule has 2 aromatic rings. The lowest BCUT2D eigenvalue weighted by Crippen LogP contribution is -2.10. The van der Waals surface area contributed by atoms with Crippen LogP contribution in [0.5, 0.6) is 0 Å². The van der Waals surface area contributed by atoms with Gasteiger partial charge in [-0.3, -0.25) is 0 Å². The molecule has 2 aromatic heterocycles. The van der Waals surface area contributed by atoms with Crippen molar-refractivity contribution in [2.75, 3.05) is 5.73 Å². The molecule has 1 unspecified atom stereocenters. The minimum absolute atomic E-state index is 0.127. The van der Waals surface area contributed by atoms with Crippen molar-refractivity contribution in [2.24, 2.45) is 0 Å². The maximum Gasteiger partial charge on any atom is 0.141 e. The van der Waals surface area contributed by atoms with Gasteiger partial charge < -0.3 is 5.73 Å². The number of aromatic nitrogens is 2. The molecule has 2 rings (SSSR count). The van der Waals surface area contributed by atoms with Gasteiger partial charge in [0, 0.05) is 0 Å². The number of halogens is 1. The number of thiophene rings is 1. The molecule has 0 saturated carbocycles. The Labute approximate surface area is 97.5 Å². The molecular weight excluding hydrogens is 230 g/mol. The Morgan fingerprint density at radius 1 is 1.60 bits per heavy atom. The lowest BCUT2D eigenvalue weighted by atomic mass is 10.2. The number of rotatable bonds is 2. The van der Waals surface area contributed by atoms with Gasteiger partial charge in [0.05, 0.1) is 11.7 Å². The molecule has 80 valence electrons. The van der Waals surface area contributed by atoms with E-state index in [2.05, 4.69) is 23.5 Å². The van der Waals surface area contributed by atoms with E-state index >= 15 is 0 Å². The van der Waals surface area contributed by atoms with E-state index in [1.54, 1.807) is 16.0 Å². The number of nitrogen functional groups attached to an aromatic ring is 1. The summed E-state index contributed by atoms with van der Waals surface area (Å²) < 4.78 is 1.76. The Balaban J connectivity index is 2.42. The summed E-state index contributed by atoms with van der Waals surface area (Å²) in [5, 5.41) is 9.02. The number of nitrogens with zero attached hydrogens (tertiary/aromatic N) is 2. The molecule has 0 bridgehead atoms. The van der Waals surface area contributed by atoms with E-state index in [-0.39, 0.29) is 6.04 Å². The maximum absolute atomic E-state index is 6.00. The topological polar surface area (TPSA) is 43.8 Å². The molecule has 0 aliphatic carbocycles. The van der Waals surface area contributed by atoms with Gasteiger partial charge in [0.1, 0.15) is 10.8 Å².